The maximum absolute atomic E-state index is 13.1. The summed E-state index contributed by atoms with van der Waals surface area (Å²) in [5, 5.41) is 10.6. The molecule has 3 unspecified atom stereocenters. The number of rotatable bonds is 75. The highest BCUT2D eigenvalue weighted by Gasteiger charge is 2.30. The minimum absolute atomic E-state index is 0.105. The van der Waals surface area contributed by atoms with Gasteiger partial charge >= 0.3 is 39.5 Å². The van der Waals surface area contributed by atoms with Crippen molar-refractivity contribution >= 4 is 39.5 Å². The normalized spacial score (nSPS) is 14.3. The molecule has 0 saturated carbocycles. The van der Waals surface area contributed by atoms with Crippen LogP contribution in [0.1, 0.15) is 395 Å². The number of esters is 4. The summed E-state index contributed by atoms with van der Waals surface area (Å²) in [5.74, 6) is -0.563. The summed E-state index contributed by atoms with van der Waals surface area (Å²) in [4.78, 5) is 72.8. The van der Waals surface area contributed by atoms with Gasteiger partial charge in [-0.1, -0.05) is 343 Å². The summed E-state index contributed by atoms with van der Waals surface area (Å²) in [7, 11) is -9.91. The quantitative estimate of drug-likeness (QED) is 0.0222. The van der Waals surface area contributed by atoms with E-state index in [2.05, 4.69) is 41.5 Å². The monoisotopic (exact) mass is 1400 g/mol. The van der Waals surface area contributed by atoms with E-state index >= 15 is 0 Å². The summed E-state index contributed by atoms with van der Waals surface area (Å²) in [6.07, 6.45) is 55.3. The van der Waals surface area contributed by atoms with Crippen molar-refractivity contribution in [3.63, 3.8) is 0 Å². The molecule has 0 aliphatic heterocycles. The number of unbranched alkanes of at least 4 members (excludes halogenated alkanes) is 44. The van der Waals surface area contributed by atoms with Gasteiger partial charge in [-0.05, 0) is 37.5 Å². The van der Waals surface area contributed by atoms with E-state index in [1.807, 2.05) is 0 Å². The molecule has 0 aliphatic carbocycles. The van der Waals surface area contributed by atoms with Gasteiger partial charge in [-0.15, -0.1) is 0 Å². The third-order valence-corrected chi connectivity index (χ3v) is 20.0. The van der Waals surface area contributed by atoms with Gasteiger partial charge in [0.15, 0.2) is 12.2 Å². The SMILES string of the molecule is CCCCCCCCCCCCCCCCCCC(=O)O[C@H](COC(=O)CCCCCCCCCCCCCCC(C)C)COP(=O)(O)OC[C@@H](O)COP(=O)(O)OC[C@@H](COC(=O)CCCCCCCCCCCCCC)OC(=O)CCCCCCCCCCC(C)CC. The highest BCUT2D eigenvalue weighted by atomic mass is 31.2. The number of hydrogen-bond acceptors (Lipinski definition) is 15. The molecule has 0 aromatic heterocycles. The Morgan fingerprint density at radius 1 is 0.305 bits per heavy atom. The lowest BCUT2D eigenvalue weighted by Gasteiger charge is -2.21. The Morgan fingerprint density at radius 3 is 0.800 bits per heavy atom. The zero-order valence-corrected chi connectivity index (χ0v) is 63.8. The van der Waals surface area contributed by atoms with Gasteiger partial charge in [0.05, 0.1) is 26.4 Å². The van der Waals surface area contributed by atoms with Crippen LogP contribution in [-0.4, -0.2) is 96.7 Å². The second-order valence-electron chi connectivity index (χ2n) is 28.1. The van der Waals surface area contributed by atoms with Crippen molar-refractivity contribution in [1.29, 1.82) is 0 Å². The first-order valence-corrected chi connectivity index (χ1v) is 42.5. The summed E-state index contributed by atoms with van der Waals surface area (Å²) in [6.45, 7) is 9.61. The van der Waals surface area contributed by atoms with Crippen molar-refractivity contribution in [3.8, 4) is 0 Å². The largest absolute Gasteiger partial charge is 0.472 e. The predicted molar refractivity (Wildman–Crippen MR) is 386 cm³/mol. The Balaban J connectivity index is 5.26. The van der Waals surface area contributed by atoms with E-state index in [0.717, 1.165) is 102 Å². The lowest BCUT2D eigenvalue weighted by molar-refractivity contribution is -0.161. The van der Waals surface area contributed by atoms with Gasteiger partial charge in [0, 0.05) is 25.7 Å². The number of phosphoric ester groups is 2. The van der Waals surface area contributed by atoms with Crippen LogP contribution in [-0.2, 0) is 65.4 Å². The summed E-state index contributed by atoms with van der Waals surface area (Å²) in [6, 6.07) is 0. The van der Waals surface area contributed by atoms with Gasteiger partial charge in [0.25, 0.3) is 0 Å². The standard InChI is InChI=1S/C76H148O17P2/c1-7-10-12-14-16-18-20-22-23-24-25-31-35-42-48-54-60-75(80)92-71(64-86-74(79)59-53-47-41-34-30-27-26-28-32-38-44-50-56-68(4)5)66-90-94(82,83)88-62-70(77)63-89-95(84,85)91-67-72(93-76(81)61-55-49-43-37-36-39-45-51-57-69(6)9-3)65-87-73(78)58-52-46-40-33-29-21-19-17-15-13-11-8-2/h68-72,77H,7-67H2,1-6H3,(H,82,83)(H,84,85)/t69?,70-,71-,72-/m1/s1. The molecule has 564 valence electrons. The fraction of sp³-hybridized carbons (Fsp3) is 0.947. The fourth-order valence-corrected chi connectivity index (χ4v) is 13.2. The molecule has 0 fully saturated rings. The van der Waals surface area contributed by atoms with Crippen LogP contribution >= 0.6 is 15.6 Å². The Kier molecular flexibility index (Phi) is 66.5. The van der Waals surface area contributed by atoms with Crippen LogP contribution in [0.5, 0.6) is 0 Å². The molecule has 0 spiro atoms. The topological polar surface area (TPSA) is 237 Å². The van der Waals surface area contributed by atoms with Crippen LogP contribution in [0.2, 0.25) is 0 Å². The van der Waals surface area contributed by atoms with Crippen molar-refractivity contribution < 1.29 is 80.2 Å². The Morgan fingerprint density at radius 2 is 0.537 bits per heavy atom. The minimum atomic E-state index is -4.96. The van der Waals surface area contributed by atoms with Crippen LogP contribution in [0.3, 0.4) is 0 Å². The molecule has 0 rings (SSSR count). The first-order chi connectivity index (χ1) is 45.9. The lowest BCUT2D eigenvalue weighted by atomic mass is 9.99. The maximum atomic E-state index is 13.1. The molecular formula is C76H148O17P2. The van der Waals surface area contributed by atoms with Crippen molar-refractivity contribution in [2.45, 2.75) is 413 Å². The smallest absolute Gasteiger partial charge is 0.462 e. The van der Waals surface area contributed by atoms with E-state index in [1.165, 1.54) is 212 Å². The molecule has 0 saturated heterocycles. The molecule has 3 N–H and O–H groups in total. The zero-order chi connectivity index (χ0) is 70.0. The van der Waals surface area contributed by atoms with Crippen molar-refractivity contribution in [3.05, 3.63) is 0 Å². The lowest BCUT2D eigenvalue weighted by Crippen LogP contribution is -2.30. The van der Waals surface area contributed by atoms with E-state index in [0.29, 0.717) is 25.7 Å². The number of aliphatic hydroxyl groups excluding tert-OH is 1. The van der Waals surface area contributed by atoms with Crippen molar-refractivity contribution in [2.24, 2.45) is 11.8 Å². The number of ether oxygens (including phenoxy) is 4. The molecule has 0 heterocycles. The predicted octanol–water partition coefficient (Wildman–Crippen LogP) is 22.3. The second-order valence-corrected chi connectivity index (χ2v) is 31.0. The molecule has 17 nitrogen and oxygen atoms in total. The highest BCUT2D eigenvalue weighted by molar-refractivity contribution is 7.47. The van der Waals surface area contributed by atoms with Crippen LogP contribution in [0.15, 0.2) is 0 Å². The van der Waals surface area contributed by atoms with Crippen LogP contribution in [0, 0.1) is 11.8 Å². The maximum Gasteiger partial charge on any atom is 0.472 e. The number of phosphoric acid groups is 2. The summed E-state index contributed by atoms with van der Waals surface area (Å²) in [5.41, 5.74) is 0. The van der Waals surface area contributed by atoms with E-state index < -0.39 is 97.5 Å². The van der Waals surface area contributed by atoms with Gasteiger partial charge in [-0.25, -0.2) is 9.13 Å². The number of hydrogen-bond donors (Lipinski definition) is 3. The Hall–Kier alpha value is -1.94. The van der Waals surface area contributed by atoms with Crippen LogP contribution in [0.4, 0.5) is 0 Å². The zero-order valence-electron chi connectivity index (χ0n) is 62.0. The molecule has 0 aliphatic rings. The number of carbonyl (C=O) groups excluding carboxylic acids is 4. The molecule has 95 heavy (non-hydrogen) atoms. The van der Waals surface area contributed by atoms with Crippen molar-refractivity contribution in [2.75, 3.05) is 39.6 Å². The molecule has 19 heteroatoms. The molecule has 6 atom stereocenters. The molecule has 0 aromatic rings. The molecule has 0 amide bonds. The van der Waals surface area contributed by atoms with Gasteiger partial charge in [0.2, 0.25) is 0 Å². The summed E-state index contributed by atoms with van der Waals surface area (Å²) < 4.78 is 68.6. The average molecular weight is 1400 g/mol. The first-order valence-electron chi connectivity index (χ1n) is 39.5. The Labute approximate surface area is 581 Å². The third kappa shape index (κ3) is 69.0. The van der Waals surface area contributed by atoms with Gasteiger partial charge in [-0.3, -0.25) is 37.3 Å². The van der Waals surface area contributed by atoms with Crippen molar-refractivity contribution in [1.82, 2.24) is 0 Å². The molecule has 0 radical (unpaired) electrons. The van der Waals surface area contributed by atoms with E-state index in [9.17, 15) is 43.2 Å². The third-order valence-electron chi connectivity index (χ3n) is 18.1. The van der Waals surface area contributed by atoms with E-state index in [1.54, 1.807) is 0 Å². The van der Waals surface area contributed by atoms with Gasteiger partial charge in [-0.2, -0.15) is 0 Å². The molecular weight excluding hydrogens is 1250 g/mol. The van der Waals surface area contributed by atoms with E-state index in [4.69, 9.17) is 37.0 Å². The fourth-order valence-electron chi connectivity index (χ4n) is 11.6. The van der Waals surface area contributed by atoms with Gasteiger partial charge < -0.3 is 33.8 Å². The Bertz CT molecular complexity index is 1840. The first kappa shape index (κ1) is 93.1. The van der Waals surface area contributed by atoms with Crippen LogP contribution < -0.4 is 0 Å². The number of carbonyl (C=O) groups is 4. The minimum Gasteiger partial charge on any atom is -0.462 e. The molecule has 0 bridgehead atoms. The van der Waals surface area contributed by atoms with E-state index in [-0.39, 0.29) is 25.7 Å². The van der Waals surface area contributed by atoms with Gasteiger partial charge in [0.1, 0.15) is 19.3 Å². The van der Waals surface area contributed by atoms with Crippen LogP contribution in [0.25, 0.3) is 0 Å². The number of aliphatic hydroxyl groups is 1. The second kappa shape index (κ2) is 67.9. The molecule has 0 aromatic carbocycles. The summed E-state index contributed by atoms with van der Waals surface area (Å²) >= 11 is 0. The average Bonchev–Trinajstić information content (AvgIpc) is 1.77. The highest BCUT2D eigenvalue weighted by Crippen LogP contribution is 2.45.